The second-order valence-electron chi connectivity index (χ2n) is 9.65. The zero-order valence-electron chi connectivity index (χ0n) is 16.7. The average molecular weight is 369 g/mol. The maximum absolute atomic E-state index is 10.9. The van der Waals surface area contributed by atoms with Crippen molar-refractivity contribution in [1.29, 1.82) is 0 Å². The van der Waals surface area contributed by atoms with Crippen LogP contribution in [0.2, 0.25) is 0 Å². The fraction of sp³-hybridized carbons (Fsp3) is 0.750. The molecular formula is C24H36N2O. The monoisotopic (exact) mass is 368 g/mol. The Bertz CT molecular complexity index is 625. The van der Waals surface area contributed by atoms with Gasteiger partial charge in [-0.2, -0.15) is 0 Å². The lowest BCUT2D eigenvalue weighted by molar-refractivity contribution is -0.0408. The minimum atomic E-state index is -0.171. The van der Waals surface area contributed by atoms with Crippen LogP contribution in [0, 0.1) is 11.8 Å². The number of hydrogen-bond acceptors (Lipinski definition) is 3. The van der Waals surface area contributed by atoms with E-state index in [1.54, 1.807) is 0 Å². The molecule has 0 aromatic heterocycles. The molecule has 5 rings (SSSR count). The van der Waals surface area contributed by atoms with Crippen LogP contribution in [-0.4, -0.2) is 47.3 Å². The number of benzene rings is 1. The molecular weight excluding hydrogens is 332 g/mol. The van der Waals surface area contributed by atoms with Crippen LogP contribution in [-0.2, 0) is 0 Å². The van der Waals surface area contributed by atoms with Crippen LogP contribution in [0.4, 0.5) is 5.69 Å². The van der Waals surface area contributed by atoms with E-state index in [-0.39, 0.29) is 11.6 Å². The number of nitrogens with zero attached hydrogens (tertiary/aromatic N) is 2. The predicted octanol–water partition coefficient (Wildman–Crippen LogP) is 4.45. The number of rotatable bonds is 2. The standard InChI is InChI=1S/C24H36N2O/c27-23-12-15-26(20-9-5-3-6-10-20)24(23)13-16-25(17-14-24)22-18-19-8-4-1-2-7-11-21(19)22/h3,5-6,9-10,19,21-23,27H,1-2,4,7-8,11-18H2. The molecule has 3 nitrogen and oxygen atoms in total. The first-order chi connectivity index (χ1) is 13.3. The quantitative estimate of drug-likeness (QED) is 0.835. The van der Waals surface area contributed by atoms with Gasteiger partial charge in [-0.25, -0.2) is 0 Å². The van der Waals surface area contributed by atoms with Crippen LogP contribution >= 0.6 is 0 Å². The second kappa shape index (κ2) is 7.40. The number of piperidine rings is 1. The van der Waals surface area contributed by atoms with E-state index in [2.05, 4.69) is 40.1 Å². The molecule has 0 amide bonds. The van der Waals surface area contributed by atoms with E-state index in [1.807, 2.05) is 0 Å². The van der Waals surface area contributed by atoms with Gasteiger partial charge >= 0.3 is 0 Å². The van der Waals surface area contributed by atoms with Gasteiger partial charge in [-0.15, -0.1) is 0 Å². The molecule has 27 heavy (non-hydrogen) atoms. The van der Waals surface area contributed by atoms with Gasteiger partial charge < -0.3 is 10.0 Å². The maximum atomic E-state index is 10.9. The minimum absolute atomic E-state index is 0.0259. The number of anilines is 1. The highest BCUT2D eigenvalue weighted by Crippen LogP contribution is 2.48. The Morgan fingerprint density at radius 2 is 1.59 bits per heavy atom. The summed E-state index contributed by atoms with van der Waals surface area (Å²) in [6.07, 6.45) is 13.2. The SMILES string of the molecule is OC1CCN(c2ccccc2)C12CCN(C1CC3CCCCCCC31)CC2. The average Bonchev–Trinajstić information content (AvgIpc) is 2.99. The zero-order chi connectivity index (χ0) is 18.3. The van der Waals surface area contributed by atoms with E-state index in [4.69, 9.17) is 0 Å². The summed E-state index contributed by atoms with van der Waals surface area (Å²) in [5.41, 5.74) is 1.27. The first kappa shape index (κ1) is 18.0. The molecule has 4 aliphatic rings. The second-order valence-corrected chi connectivity index (χ2v) is 9.65. The first-order valence-electron chi connectivity index (χ1n) is 11.5. The first-order valence-corrected chi connectivity index (χ1v) is 11.5. The summed E-state index contributed by atoms with van der Waals surface area (Å²) in [7, 11) is 0. The van der Waals surface area contributed by atoms with Crippen LogP contribution < -0.4 is 4.90 Å². The van der Waals surface area contributed by atoms with Crippen LogP contribution in [0.5, 0.6) is 0 Å². The molecule has 148 valence electrons. The van der Waals surface area contributed by atoms with Gasteiger partial charge in [0.1, 0.15) is 0 Å². The molecule has 1 spiro atoms. The number of aliphatic hydroxyl groups is 1. The molecule has 0 bridgehead atoms. The number of fused-ring (bicyclic) bond motifs is 1. The minimum Gasteiger partial charge on any atom is -0.391 e. The Hall–Kier alpha value is -1.06. The van der Waals surface area contributed by atoms with Crippen LogP contribution in [0.1, 0.15) is 64.2 Å². The summed E-state index contributed by atoms with van der Waals surface area (Å²) in [6, 6.07) is 11.6. The third-order valence-electron chi connectivity index (χ3n) is 8.49. The van der Waals surface area contributed by atoms with E-state index in [0.29, 0.717) is 0 Å². The van der Waals surface area contributed by atoms with Crippen molar-refractivity contribution in [3.63, 3.8) is 0 Å². The van der Waals surface area contributed by atoms with E-state index in [0.717, 1.165) is 43.7 Å². The van der Waals surface area contributed by atoms with Gasteiger partial charge in [0.25, 0.3) is 0 Å². The fourth-order valence-electron chi connectivity index (χ4n) is 6.86. The number of hydrogen-bond donors (Lipinski definition) is 1. The molecule has 2 heterocycles. The van der Waals surface area contributed by atoms with Crippen molar-refractivity contribution in [1.82, 2.24) is 4.90 Å². The largest absolute Gasteiger partial charge is 0.391 e. The van der Waals surface area contributed by atoms with Gasteiger partial charge in [0.05, 0.1) is 11.6 Å². The van der Waals surface area contributed by atoms with Gasteiger partial charge in [0.2, 0.25) is 0 Å². The van der Waals surface area contributed by atoms with Gasteiger partial charge in [-0.1, -0.05) is 50.3 Å². The summed E-state index contributed by atoms with van der Waals surface area (Å²) >= 11 is 0. The highest BCUT2D eigenvalue weighted by molar-refractivity contribution is 5.51. The highest BCUT2D eigenvalue weighted by atomic mass is 16.3. The summed E-state index contributed by atoms with van der Waals surface area (Å²) < 4.78 is 0. The molecule has 4 unspecified atom stereocenters. The van der Waals surface area contributed by atoms with Crippen LogP contribution in [0.3, 0.4) is 0 Å². The molecule has 3 heteroatoms. The van der Waals surface area contributed by atoms with Crippen LogP contribution in [0.25, 0.3) is 0 Å². The summed E-state index contributed by atoms with van der Waals surface area (Å²) in [5.74, 6) is 1.99. The zero-order valence-corrected chi connectivity index (χ0v) is 16.7. The summed E-state index contributed by atoms with van der Waals surface area (Å²) in [4.78, 5) is 5.34. The Morgan fingerprint density at radius 1 is 0.852 bits per heavy atom. The molecule has 1 aromatic carbocycles. The molecule has 2 aliphatic heterocycles. The van der Waals surface area contributed by atoms with Crippen molar-refractivity contribution in [2.45, 2.75) is 81.9 Å². The molecule has 0 radical (unpaired) electrons. The molecule has 2 aliphatic carbocycles. The number of likely N-dealkylation sites (tertiary alicyclic amines) is 1. The smallest absolute Gasteiger partial charge is 0.0789 e. The van der Waals surface area contributed by atoms with E-state index in [9.17, 15) is 5.11 Å². The normalized spacial score (nSPS) is 36.7. The van der Waals surface area contributed by atoms with Crippen molar-refractivity contribution in [3.8, 4) is 0 Å². The van der Waals surface area contributed by atoms with Crippen molar-refractivity contribution in [2.75, 3.05) is 24.5 Å². The molecule has 2 saturated heterocycles. The Labute approximate surface area is 164 Å². The van der Waals surface area contributed by atoms with E-state index < -0.39 is 0 Å². The molecule has 2 saturated carbocycles. The maximum Gasteiger partial charge on any atom is 0.0789 e. The lowest BCUT2D eigenvalue weighted by Crippen LogP contribution is -2.62. The molecule has 1 N–H and O–H groups in total. The topological polar surface area (TPSA) is 26.7 Å². The number of para-hydroxylation sites is 1. The lowest BCUT2D eigenvalue weighted by atomic mass is 9.63. The van der Waals surface area contributed by atoms with Crippen molar-refractivity contribution in [2.24, 2.45) is 11.8 Å². The molecule has 1 aromatic rings. The van der Waals surface area contributed by atoms with Crippen molar-refractivity contribution >= 4 is 5.69 Å². The molecule has 4 fully saturated rings. The summed E-state index contributed by atoms with van der Waals surface area (Å²) in [6.45, 7) is 3.35. The third kappa shape index (κ3) is 3.11. The van der Waals surface area contributed by atoms with Gasteiger partial charge in [-0.3, -0.25) is 4.90 Å². The Kier molecular flexibility index (Phi) is 4.94. The van der Waals surface area contributed by atoms with Gasteiger partial charge in [0.15, 0.2) is 0 Å². The predicted molar refractivity (Wildman–Crippen MR) is 111 cm³/mol. The Balaban J connectivity index is 1.26. The van der Waals surface area contributed by atoms with Crippen molar-refractivity contribution < 1.29 is 5.11 Å². The highest BCUT2D eigenvalue weighted by Gasteiger charge is 2.52. The Morgan fingerprint density at radius 3 is 2.37 bits per heavy atom. The van der Waals surface area contributed by atoms with E-state index >= 15 is 0 Å². The lowest BCUT2D eigenvalue weighted by Gasteiger charge is -2.55. The third-order valence-corrected chi connectivity index (χ3v) is 8.49. The van der Waals surface area contributed by atoms with Gasteiger partial charge in [-0.05, 0) is 56.1 Å². The van der Waals surface area contributed by atoms with Crippen molar-refractivity contribution in [3.05, 3.63) is 30.3 Å². The van der Waals surface area contributed by atoms with E-state index in [1.165, 1.54) is 63.7 Å². The fourth-order valence-corrected chi connectivity index (χ4v) is 6.86. The van der Waals surface area contributed by atoms with Crippen LogP contribution in [0.15, 0.2) is 30.3 Å². The summed E-state index contributed by atoms with van der Waals surface area (Å²) in [5, 5.41) is 10.9. The molecule has 4 atom stereocenters. The van der Waals surface area contributed by atoms with Gasteiger partial charge in [0, 0.05) is 31.4 Å². The number of aliphatic hydroxyl groups excluding tert-OH is 1.